The quantitative estimate of drug-likeness (QED) is 0.844. The van der Waals surface area contributed by atoms with Gasteiger partial charge in [0.1, 0.15) is 12.1 Å². The van der Waals surface area contributed by atoms with Crippen LogP contribution in [0.3, 0.4) is 0 Å². The van der Waals surface area contributed by atoms with Crippen molar-refractivity contribution >= 4 is 5.82 Å². The number of hydrogen-bond donors (Lipinski definition) is 2. The minimum absolute atomic E-state index is 0.0211. The van der Waals surface area contributed by atoms with Crippen molar-refractivity contribution in [3.05, 3.63) is 47.8 Å². The van der Waals surface area contributed by atoms with Gasteiger partial charge in [-0.2, -0.15) is 0 Å². The zero-order valence-corrected chi connectivity index (χ0v) is 11.8. The normalized spacial score (nSPS) is 11.9. The second-order valence-electron chi connectivity index (χ2n) is 4.59. The molecule has 0 radical (unpaired) electrons. The number of hydrogen-bond acceptors (Lipinski definition) is 5. The number of anilines is 1. The van der Waals surface area contributed by atoms with Crippen molar-refractivity contribution in [1.82, 2.24) is 9.97 Å². The van der Waals surface area contributed by atoms with Gasteiger partial charge >= 0.3 is 0 Å². The molecule has 106 valence electrons. The summed E-state index contributed by atoms with van der Waals surface area (Å²) in [7, 11) is 1.60. The van der Waals surface area contributed by atoms with Crippen LogP contribution < -0.4 is 15.8 Å². The summed E-state index contributed by atoms with van der Waals surface area (Å²) in [6.07, 6.45) is 2.32. The van der Waals surface area contributed by atoms with Gasteiger partial charge in [0.25, 0.3) is 0 Å². The van der Waals surface area contributed by atoms with Gasteiger partial charge in [0.05, 0.1) is 12.7 Å². The van der Waals surface area contributed by atoms with Gasteiger partial charge < -0.3 is 15.8 Å². The summed E-state index contributed by atoms with van der Waals surface area (Å²) in [4.78, 5) is 8.26. The number of nitrogens with zero attached hydrogens (tertiary/aromatic N) is 2. The fourth-order valence-electron chi connectivity index (χ4n) is 2.03. The Kier molecular flexibility index (Phi) is 4.90. The largest absolute Gasteiger partial charge is 0.481 e. The van der Waals surface area contributed by atoms with Gasteiger partial charge in [0.15, 0.2) is 0 Å². The Morgan fingerprint density at radius 1 is 1.25 bits per heavy atom. The first-order valence-corrected chi connectivity index (χ1v) is 6.62. The van der Waals surface area contributed by atoms with Crippen molar-refractivity contribution in [2.75, 3.05) is 19.0 Å². The lowest BCUT2D eigenvalue weighted by atomic mass is 10.1. The molecule has 0 fully saturated rings. The average Bonchev–Trinajstić information content (AvgIpc) is 2.49. The maximum atomic E-state index is 6.16. The molecule has 1 heterocycles. The number of aromatic nitrogens is 2. The second kappa shape index (κ2) is 6.86. The van der Waals surface area contributed by atoms with Crippen LogP contribution in [0.2, 0.25) is 0 Å². The fraction of sp³-hybridized carbons (Fsp3) is 0.333. The van der Waals surface area contributed by atoms with E-state index in [2.05, 4.69) is 15.3 Å². The molecule has 2 aromatic rings. The zero-order valence-electron chi connectivity index (χ0n) is 11.8. The molecule has 1 aromatic heterocycles. The molecule has 0 aliphatic carbocycles. The predicted molar refractivity (Wildman–Crippen MR) is 79.8 cm³/mol. The summed E-state index contributed by atoms with van der Waals surface area (Å²) >= 11 is 0. The van der Waals surface area contributed by atoms with Crippen LogP contribution in [0.15, 0.2) is 36.7 Å². The molecule has 5 heteroatoms. The molecule has 1 aromatic carbocycles. The number of ether oxygens (including phenoxy) is 1. The molecule has 0 saturated heterocycles. The van der Waals surface area contributed by atoms with Crippen molar-refractivity contribution < 1.29 is 4.74 Å². The van der Waals surface area contributed by atoms with Crippen LogP contribution in [0.1, 0.15) is 23.6 Å². The summed E-state index contributed by atoms with van der Waals surface area (Å²) in [5, 5.41) is 3.28. The van der Waals surface area contributed by atoms with E-state index in [0.717, 1.165) is 29.9 Å². The first kappa shape index (κ1) is 14.3. The molecule has 0 amide bonds. The highest BCUT2D eigenvalue weighted by atomic mass is 16.5. The van der Waals surface area contributed by atoms with Crippen LogP contribution in [0.25, 0.3) is 0 Å². The van der Waals surface area contributed by atoms with Crippen molar-refractivity contribution in [1.29, 1.82) is 0 Å². The molecular formula is C15H20N4O. The summed E-state index contributed by atoms with van der Waals surface area (Å²) in [5.74, 6) is 1.38. The minimum atomic E-state index is 0.0211. The molecule has 0 aliphatic rings. The van der Waals surface area contributed by atoms with Gasteiger partial charge in [-0.05, 0) is 18.9 Å². The summed E-state index contributed by atoms with van der Waals surface area (Å²) in [6.45, 7) is 2.68. The highest BCUT2D eigenvalue weighted by Gasteiger charge is 2.08. The van der Waals surface area contributed by atoms with Crippen molar-refractivity contribution in [3.8, 4) is 5.88 Å². The van der Waals surface area contributed by atoms with Gasteiger partial charge in [-0.3, -0.25) is 0 Å². The van der Waals surface area contributed by atoms with Gasteiger partial charge in [0, 0.05) is 12.6 Å². The smallest absolute Gasteiger partial charge is 0.221 e. The summed E-state index contributed by atoms with van der Waals surface area (Å²) < 4.78 is 5.17. The van der Waals surface area contributed by atoms with E-state index in [1.165, 1.54) is 6.33 Å². The molecule has 0 aliphatic heterocycles. The summed E-state index contributed by atoms with van der Waals surface area (Å²) in [5.41, 5.74) is 8.21. The maximum Gasteiger partial charge on any atom is 0.221 e. The van der Waals surface area contributed by atoms with Crippen LogP contribution in [0.5, 0.6) is 5.88 Å². The third kappa shape index (κ3) is 3.45. The lowest BCUT2D eigenvalue weighted by Crippen LogP contribution is -2.16. The highest BCUT2D eigenvalue weighted by Crippen LogP contribution is 2.20. The number of benzene rings is 1. The van der Waals surface area contributed by atoms with Crippen LogP contribution >= 0.6 is 0 Å². The van der Waals surface area contributed by atoms with Gasteiger partial charge in [-0.25, -0.2) is 9.97 Å². The predicted octanol–water partition coefficient (Wildman–Crippen LogP) is 2.30. The van der Waals surface area contributed by atoms with E-state index < -0.39 is 0 Å². The van der Waals surface area contributed by atoms with Crippen LogP contribution in [-0.2, 0) is 0 Å². The van der Waals surface area contributed by atoms with Gasteiger partial charge in [0.2, 0.25) is 5.88 Å². The minimum Gasteiger partial charge on any atom is -0.481 e. The van der Waals surface area contributed by atoms with Crippen molar-refractivity contribution in [3.63, 3.8) is 0 Å². The Morgan fingerprint density at radius 2 is 2.00 bits per heavy atom. The van der Waals surface area contributed by atoms with Gasteiger partial charge in [-0.15, -0.1) is 0 Å². The SMILES string of the molecule is COc1ncnc(NCCC(N)c2ccccc2)c1C. The molecule has 1 unspecified atom stereocenters. The first-order valence-electron chi connectivity index (χ1n) is 6.62. The van der Waals surface area contributed by atoms with Gasteiger partial charge in [-0.1, -0.05) is 30.3 Å². The molecule has 5 nitrogen and oxygen atoms in total. The Balaban J connectivity index is 1.90. The fourth-order valence-corrected chi connectivity index (χ4v) is 2.03. The summed E-state index contributed by atoms with van der Waals surface area (Å²) in [6, 6.07) is 10.1. The lowest BCUT2D eigenvalue weighted by Gasteiger charge is -2.14. The molecular weight excluding hydrogens is 252 g/mol. The van der Waals surface area contributed by atoms with E-state index in [0.29, 0.717) is 5.88 Å². The molecule has 1 atom stereocenters. The standard InChI is InChI=1S/C15H20N4O/c1-11-14(18-10-19-15(11)20-2)17-9-8-13(16)12-6-4-3-5-7-12/h3-7,10,13H,8-9,16H2,1-2H3,(H,17,18,19). The van der Waals surface area contributed by atoms with E-state index in [9.17, 15) is 0 Å². The Labute approximate surface area is 119 Å². The zero-order chi connectivity index (χ0) is 14.4. The lowest BCUT2D eigenvalue weighted by molar-refractivity contribution is 0.393. The van der Waals surface area contributed by atoms with E-state index in [4.69, 9.17) is 10.5 Å². The molecule has 0 spiro atoms. The molecule has 2 rings (SSSR count). The van der Waals surface area contributed by atoms with Crippen molar-refractivity contribution in [2.24, 2.45) is 5.73 Å². The number of nitrogens with one attached hydrogen (secondary N) is 1. The van der Waals surface area contributed by atoms with Crippen LogP contribution in [0, 0.1) is 6.92 Å². The third-order valence-electron chi connectivity index (χ3n) is 3.21. The first-order chi connectivity index (χ1) is 9.72. The number of rotatable bonds is 6. The van der Waals surface area contributed by atoms with E-state index in [-0.39, 0.29) is 6.04 Å². The Hall–Kier alpha value is -2.14. The number of nitrogens with two attached hydrogens (primary N) is 1. The number of methoxy groups -OCH3 is 1. The van der Waals surface area contributed by atoms with Crippen LogP contribution in [0.4, 0.5) is 5.82 Å². The maximum absolute atomic E-state index is 6.16. The van der Waals surface area contributed by atoms with E-state index >= 15 is 0 Å². The molecule has 3 N–H and O–H groups in total. The highest BCUT2D eigenvalue weighted by molar-refractivity contribution is 5.47. The van der Waals surface area contributed by atoms with E-state index in [1.54, 1.807) is 7.11 Å². The monoisotopic (exact) mass is 272 g/mol. The average molecular weight is 272 g/mol. The van der Waals surface area contributed by atoms with E-state index in [1.807, 2.05) is 37.3 Å². The molecule has 0 saturated carbocycles. The third-order valence-corrected chi connectivity index (χ3v) is 3.21. The second-order valence-corrected chi connectivity index (χ2v) is 4.59. The molecule has 20 heavy (non-hydrogen) atoms. The Morgan fingerprint density at radius 3 is 2.70 bits per heavy atom. The van der Waals surface area contributed by atoms with Crippen LogP contribution in [-0.4, -0.2) is 23.6 Å². The van der Waals surface area contributed by atoms with Crippen molar-refractivity contribution in [2.45, 2.75) is 19.4 Å². The Bertz CT molecular complexity index is 545. The molecule has 0 bridgehead atoms. The topological polar surface area (TPSA) is 73.1 Å².